The van der Waals surface area contributed by atoms with Crippen molar-refractivity contribution in [2.45, 2.75) is 18.6 Å². The highest BCUT2D eigenvalue weighted by Crippen LogP contribution is 2.06. The first-order valence-corrected chi connectivity index (χ1v) is 3.89. The van der Waals surface area contributed by atoms with E-state index < -0.39 is 6.17 Å². The largest absolute Gasteiger partial charge is 0.351 e. The molecule has 0 bridgehead atoms. The fraction of sp³-hybridized carbons (Fsp3) is 0.714. The molecule has 12 heavy (non-hydrogen) atoms. The van der Waals surface area contributed by atoms with Crippen LogP contribution in [0.4, 0.5) is 4.39 Å². The van der Waals surface area contributed by atoms with E-state index in [4.69, 9.17) is 5.41 Å². The summed E-state index contributed by atoms with van der Waals surface area (Å²) in [7, 11) is 0. The summed E-state index contributed by atoms with van der Waals surface area (Å²) in [5, 5.41) is 12.8. The topological polar surface area (TPSA) is 60.3 Å². The molecule has 0 radical (unpaired) electrons. The zero-order valence-corrected chi connectivity index (χ0v) is 6.81. The molecule has 1 heterocycles. The average Bonchev–Trinajstić information content (AvgIpc) is 2.04. The van der Waals surface area contributed by atoms with E-state index in [1.807, 2.05) is 0 Å². The lowest BCUT2D eigenvalue weighted by atomic mass is 10.1. The van der Waals surface area contributed by atoms with Gasteiger partial charge in [-0.2, -0.15) is 0 Å². The Hall–Kier alpha value is -0.970. The SMILES string of the molecule is C=NC(=N)N[C@@H]1CNC[C@@H](F)C1. The van der Waals surface area contributed by atoms with Gasteiger partial charge in [-0.05, 0) is 6.72 Å². The molecule has 0 amide bonds. The first-order valence-electron chi connectivity index (χ1n) is 3.89. The molecular weight excluding hydrogens is 159 g/mol. The first-order chi connectivity index (χ1) is 5.72. The van der Waals surface area contributed by atoms with Crippen molar-refractivity contribution in [1.29, 1.82) is 5.41 Å². The predicted molar refractivity (Wildman–Crippen MR) is 46.6 cm³/mol. The van der Waals surface area contributed by atoms with Gasteiger partial charge in [0.05, 0.1) is 0 Å². The van der Waals surface area contributed by atoms with Gasteiger partial charge >= 0.3 is 0 Å². The lowest BCUT2D eigenvalue weighted by Gasteiger charge is -2.26. The van der Waals surface area contributed by atoms with Crippen molar-refractivity contribution in [2.24, 2.45) is 4.99 Å². The van der Waals surface area contributed by atoms with Gasteiger partial charge in [-0.15, -0.1) is 0 Å². The van der Waals surface area contributed by atoms with Crippen LogP contribution >= 0.6 is 0 Å². The monoisotopic (exact) mass is 172 g/mol. The van der Waals surface area contributed by atoms with Gasteiger partial charge in [0, 0.05) is 25.6 Å². The van der Waals surface area contributed by atoms with Gasteiger partial charge in [-0.25, -0.2) is 9.38 Å². The maximum atomic E-state index is 12.8. The first kappa shape index (κ1) is 9.12. The van der Waals surface area contributed by atoms with Crippen LogP contribution in [0.15, 0.2) is 4.99 Å². The highest BCUT2D eigenvalue weighted by atomic mass is 19.1. The second-order valence-corrected chi connectivity index (χ2v) is 2.84. The molecule has 0 aromatic heterocycles. The smallest absolute Gasteiger partial charge is 0.214 e. The number of rotatable bonds is 1. The van der Waals surface area contributed by atoms with E-state index >= 15 is 0 Å². The van der Waals surface area contributed by atoms with Crippen molar-refractivity contribution < 1.29 is 4.39 Å². The lowest BCUT2D eigenvalue weighted by Crippen LogP contribution is -2.49. The number of hydrogen-bond acceptors (Lipinski definition) is 2. The third-order valence-electron chi connectivity index (χ3n) is 1.80. The Balaban J connectivity index is 2.31. The van der Waals surface area contributed by atoms with Crippen molar-refractivity contribution in [1.82, 2.24) is 10.6 Å². The minimum atomic E-state index is -0.825. The molecule has 0 unspecified atom stereocenters. The summed E-state index contributed by atoms with van der Waals surface area (Å²) in [5.74, 6) is 0.0101. The fourth-order valence-electron chi connectivity index (χ4n) is 1.24. The van der Waals surface area contributed by atoms with Crippen LogP contribution in [0.3, 0.4) is 0 Å². The molecular formula is C7H13FN4. The minimum Gasteiger partial charge on any atom is -0.351 e. The Morgan fingerprint density at radius 2 is 2.42 bits per heavy atom. The maximum Gasteiger partial charge on any atom is 0.214 e. The van der Waals surface area contributed by atoms with Crippen LogP contribution < -0.4 is 10.6 Å². The molecule has 4 nitrogen and oxygen atoms in total. The van der Waals surface area contributed by atoms with Crippen LogP contribution in [0.25, 0.3) is 0 Å². The number of hydrogen-bond donors (Lipinski definition) is 3. The molecule has 68 valence electrons. The van der Waals surface area contributed by atoms with Crippen LogP contribution in [-0.4, -0.2) is 38.0 Å². The van der Waals surface area contributed by atoms with Gasteiger partial charge in [0.15, 0.2) is 0 Å². The van der Waals surface area contributed by atoms with Crippen LogP contribution in [-0.2, 0) is 0 Å². The van der Waals surface area contributed by atoms with Crippen molar-refractivity contribution >= 4 is 12.7 Å². The molecule has 1 aliphatic heterocycles. The normalized spacial score (nSPS) is 29.4. The number of guanidine groups is 1. The van der Waals surface area contributed by atoms with Gasteiger partial charge in [-0.3, -0.25) is 5.41 Å². The van der Waals surface area contributed by atoms with E-state index in [0.717, 1.165) is 0 Å². The Morgan fingerprint density at radius 1 is 1.67 bits per heavy atom. The number of aliphatic imine (C=N–C) groups is 1. The predicted octanol–water partition coefficient (Wildman–Crippen LogP) is -0.0886. The molecule has 0 saturated carbocycles. The lowest BCUT2D eigenvalue weighted by molar-refractivity contribution is 0.239. The Labute approximate surface area is 70.8 Å². The standard InChI is InChI=1S/C7H13FN4/c1-10-7(9)12-6-2-5(8)3-11-4-6/h5-6,11H,1-4H2,(H2,9,12)/t5-,6-/m0/s1. The molecule has 1 fully saturated rings. The van der Waals surface area contributed by atoms with Crippen molar-refractivity contribution in [3.63, 3.8) is 0 Å². The van der Waals surface area contributed by atoms with E-state index in [1.54, 1.807) is 0 Å². The molecule has 1 rings (SSSR count). The second kappa shape index (κ2) is 4.15. The van der Waals surface area contributed by atoms with Crippen molar-refractivity contribution in [3.05, 3.63) is 0 Å². The summed E-state index contributed by atoms with van der Waals surface area (Å²) >= 11 is 0. The molecule has 3 N–H and O–H groups in total. The van der Waals surface area contributed by atoms with E-state index in [1.165, 1.54) is 0 Å². The van der Waals surface area contributed by atoms with Crippen LogP contribution in [0, 0.1) is 5.41 Å². The molecule has 0 aromatic carbocycles. The van der Waals surface area contributed by atoms with Gasteiger partial charge in [0.1, 0.15) is 6.17 Å². The Morgan fingerprint density at radius 3 is 3.00 bits per heavy atom. The van der Waals surface area contributed by atoms with E-state index in [2.05, 4.69) is 22.3 Å². The third-order valence-corrected chi connectivity index (χ3v) is 1.80. The minimum absolute atomic E-state index is 0.0101. The van der Waals surface area contributed by atoms with Gasteiger partial charge < -0.3 is 10.6 Å². The molecule has 2 atom stereocenters. The second-order valence-electron chi connectivity index (χ2n) is 2.84. The summed E-state index contributed by atoms with van der Waals surface area (Å²) in [6.07, 6.45) is -0.390. The highest BCUT2D eigenvalue weighted by molar-refractivity contribution is 5.81. The van der Waals surface area contributed by atoms with E-state index in [0.29, 0.717) is 19.5 Å². The number of nitrogens with one attached hydrogen (secondary N) is 3. The Kier molecular flexibility index (Phi) is 3.16. The molecule has 1 aliphatic rings. The fourth-order valence-corrected chi connectivity index (χ4v) is 1.24. The molecule has 0 spiro atoms. The van der Waals surface area contributed by atoms with E-state index in [9.17, 15) is 4.39 Å². The van der Waals surface area contributed by atoms with Gasteiger partial charge in [0.2, 0.25) is 5.96 Å². The van der Waals surface area contributed by atoms with Gasteiger partial charge in [0.25, 0.3) is 0 Å². The number of piperidine rings is 1. The summed E-state index contributed by atoms with van der Waals surface area (Å²) in [5.41, 5.74) is 0. The summed E-state index contributed by atoms with van der Waals surface area (Å²) in [6, 6.07) is -0.0354. The Bertz CT molecular complexity index is 182. The molecule has 0 aromatic rings. The summed E-state index contributed by atoms with van der Waals surface area (Å²) < 4.78 is 12.8. The van der Waals surface area contributed by atoms with Crippen molar-refractivity contribution in [2.75, 3.05) is 13.1 Å². The van der Waals surface area contributed by atoms with Crippen LogP contribution in [0.1, 0.15) is 6.42 Å². The molecule has 1 saturated heterocycles. The maximum absolute atomic E-state index is 12.8. The van der Waals surface area contributed by atoms with E-state index in [-0.39, 0.29) is 12.0 Å². The average molecular weight is 172 g/mol. The summed E-state index contributed by atoms with van der Waals surface area (Å²) in [4.78, 5) is 3.38. The quantitative estimate of drug-likeness (QED) is 0.382. The third kappa shape index (κ3) is 2.58. The number of halogens is 1. The zero-order chi connectivity index (χ0) is 8.97. The molecule has 0 aliphatic carbocycles. The highest BCUT2D eigenvalue weighted by Gasteiger charge is 2.20. The zero-order valence-electron chi connectivity index (χ0n) is 6.81. The molecule has 5 heteroatoms. The van der Waals surface area contributed by atoms with Crippen LogP contribution in [0.5, 0.6) is 0 Å². The number of alkyl halides is 1. The summed E-state index contributed by atoms with van der Waals surface area (Å²) in [6.45, 7) is 4.28. The van der Waals surface area contributed by atoms with Crippen molar-refractivity contribution in [3.8, 4) is 0 Å². The van der Waals surface area contributed by atoms with Crippen LogP contribution in [0.2, 0.25) is 0 Å². The van der Waals surface area contributed by atoms with Gasteiger partial charge in [-0.1, -0.05) is 0 Å². The number of nitrogens with zero attached hydrogens (tertiary/aromatic N) is 1.